The number of halogens is 4. The molecule has 2 aromatic rings. The lowest BCUT2D eigenvalue weighted by atomic mass is 9.95. The summed E-state index contributed by atoms with van der Waals surface area (Å²) in [6.07, 6.45) is -5.74. The van der Waals surface area contributed by atoms with Crippen molar-refractivity contribution < 1.29 is 18.0 Å². The molecule has 0 saturated heterocycles. The van der Waals surface area contributed by atoms with Crippen LogP contribution in [0.1, 0.15) is 21.5 Å². The second-order valence-corrected chi connectivity index (χ2v) is 4.94. The molecule has 0 aliphatic heterocycles. The fourth-order valence-electron chi connectivity index (χ4n) is 2.00. The van der Waals surface area contributed by atoms with Crippen molar-refractivity contribution in [3.05, 3.63) is 64.2 Å². The van der Waals surface area contributed by atoms with Gasteiger partial charge in [0.2, 0.25) is 0 Å². The van der Waals surface area contributed by atoms with E-state index in [1.54, 1.807) is 18.2 Å². The number of hydrogen-bond donors (Lipinski definition) is 1. The van der Waals surface area contributed by atoms with Crippen LogP contribution in [-0.4, -0.2) is 12.0 Å². The minimum Gasteiger partial charge on any atom is -0.398 e. The molecule has 2 N–H and O–H groups in total. The van der Waals surface area contributed by atoms with Crippen LogP contribution < -0.4 is 5.73 Å². The lowest BCUT2D eigenvalue weighted by Crippen LogP contribution is -2.17. The van der Waals surface area contributed by atoms with Crippen LogP contribution in [0, 0.1) is 0 Å². The summed E-state index contributed by atoms with van der Waals surface area (Å²) in [6, 6.07) is 10.4. The van der Waals surface area contributed by atoms with Crippen molar-refractivity contribution in [1.29, 1.82) is 0 Å². The van der Waals surface area contributed by atoms with E-state index in [1.807, 2.05) is 0 Å². The maximum Gasteiger partial charge on any atom is 0.393 e. The molecule has 0 fully saturated rings. The van der Waals surface area contributed by atoms with Gasteiger partial charge in [-0.2, -0.15) is 13.2 Å². The zero-order valence-electron chi connectivity index (χ0n) is 10.7. The predicted octanol–water partition coefficient (Wildman–Crippen LogP) is 4.26. The third kappa shape index (κ3) is 3.76. The standard InChI is InChI=1S/C15H11ClF3NO/c16-10-6-11(14(21)9-4-2-1-3-5-9)12(13(20)7-10)8-15(17,18)19/h1-7H,8,20H2. The second-order valence-electron chi connectivity index (χ2n) is 4.51. The summed E-state index contributed by atoms with van der Waals surface area (Å²) < 4.78 is 38.0. The third-order valence-electron chi connectivity index (χ3n) is 2.91. The number of ketones is 1. The molecule has 0 aromatic heterocycles. The summed E-state index contributed by atoms with van der Waals surface area (Å²) in [5.74, 6) is -0.538. The Balaban J connectivity index is 2.54. The molecule has 2 nitrogen and oxygen atoms in total. The Morgan fingerprint density at radius 1 is 1.14 bits per heavy atom. The van der Waals surface area contributed by atoms with Crippen molar-refractivity contribution in [2.75, 3.05) is 5.73 Å². The van der Waals surface area contributed by atoms with Gasteiger partial charge in [-0.3, -0.25) is 4.79 Å². The second kappa shape index (κ2) is 5.77. The van der Waals surface area contributed by atoms with Gasteiger partial charge in [0, 0.05) is 21.8 Å². The molecule has 0 heterocycles. The third-order valence-corrected chi connectivity index (χ3v) is 3.13. The largest absolute Gasteiger partial charge is 0.398 e. The molecule has 0 bridgehead atoms. The number of anilines is 1. The molecule has 0 spiro atoms. The van der Waals surface area contributed by atoms with Crippen molar-refractivity contribution in [1.82, 2.24) is 0 Å². The number of carbonyl (C=O) groups excluding carboxylic acids is 1. The van der Waals surface area contributed by atoms with Gasteiger partial charge in [0.25, 0.3) is 0 Å². The van der Waals surface area contributed by atoms with Crippen LogP contribution in [0.5, 0.6) is 0 Å². The highest BCUT2D eigenvalue weighted by Gasteiger charge is 2.31. The van der Waals surface area contributed by atoms with E-state index in [4.69, 9.17) is 17.3 Å². The first kappa shape index (κ1) is 15.4. The fourth-order valence-corrected chi connectivity index (χ4v) is 2.23. The van der Waals surface area contributed by atoms with Crippen molar-refractivity contribution in [3.8, 4) is 0 Å². The van der Waals surface area contributed by atoms with Gasteiger partial charge in [0.05, 0.1) is 6.42 Å². The quantitative estimate of drug-likeness (QED) is 0.679. The van der Waals surface area contributed by atoms with Crippen LogP contribution in [0.25, 0.3) is 0 Å². The van der Waals surface area contributed by atoms with Crippen molar-refractivity contribution in [3.63, 3.8) is 0 Å². The van der Waals surface area contributed by atoms with Gasteiger partial charge in [-0.1, -0.05) is 41.9 Å². The topological polar surface area (TPSA) is 43.1 Å². The number of hydrogen-bond acceptors (Lipinski definition) is 2. The minimum absolute atomic E-state index is 0.122. The molecule has 110 valence electrons. The normalized spacial score (nSPS) is 11.4. The summed E-state index contributed by atoms with van der Waals surface area (Å²) >= 11 is 5.81. The van der Waals surface area contributed by atoms with Gasteiger partial charge < -0.3 is 5.73 Å². The maximum atomic E-state index is 12.7. The Morgan fingerprint density at radius 2 is 1.76 bits per heavy atom. The van der Waals surface area contributed by atoms with Crippen LogP contribution in [-0.2, 0) is 6.42 Å². The first-order valence-corrected chi connectivity index (χ1v) is 6.40. The zero-order valence-corrected chi connectivity index (χ0v) is 11.5. The van der Waals surface area contributed by atoms with E-state index in [-0.39, 0.29) is 27.4 Å². The average molecular weight is 314 g/mol. The van der Waals surface area contributed by atoms with E-state index in [9.17, 15) is 18.0 Å². The van der Waals surface area contributed by atoms with E-state index < -0.39 is 18.4 Å². The predicted molar refractivity (Wildman–Crippen MR) is 75.5 cm³/mol. The molecule has 6 heteroatoms. The van der Waals surface area contributed by atoms with Crippen LogP contribution in [0.4, 0.5) is 18.9 Å². The van der Waals surface area contributed by atoms with Gasteiger partial charge >= 0.3 is 6.18 Å². The molecule has 0 saturated carbocycles. The Morgan fingerprint density at radius 3 is 2.33 bits per heavy atom. The number of alkyl halides is 3. The number of carbonyl (C=O) groups is 1. The number of rotatable bonds is 3. The summed E-state index contributed by atoms with van der Waals surface area (Å²) in [7, 11) is 0. The highest BCUT2D eigenvalue weighted by Crippen LogP contribution is 2.31. The van der Waals surface area contributed by atoms with E-state index in [0.29, 0.717) is 0 Å². The van der Waals surface area contributed by atoms with E-state index in [2.05, 4.69) is 0 Å². The number of benzene rings is 2. The number of nitrogen functional groups attached to an aromatic ring is 1. The summed E-state index contributed by atoms with van der Waals surface area (Å²) in [4.78, 5) is 12.4. The monoisotopic (exact) mass is 313 g/mol. The minimum atomic E-state index is -4.46. The highest BCUT2D eigenvalue weighted by atomic mass is 35.5. The maximum absolute atomic E-state index is 12.7. The Kier molecular flexibility index (Phi) is 4.23. The van der Waals surface area contributed by atoms with Crippen molar-refractivity contribution in [2.45, 2.75) is 12.6 Å². The molecular weight excluding hydrogens is 303 g/mol. The van der Waals surface area contributed by atoms with Crippen LogP contribution >= 0.6 is 11.6 Å². The van der Waals surface area contributed by atoms with Crippen molar-refractivity contribution in [2.24, 2.45) is 0 Å². The van der Waals surface area contributed by atoms with Crippen molar-refractivity contribution >= 4 is 23.1 Å². The molecule has 2 aromatic carbocycles. The van der Waals surface area contributed by atoms with Gasteiger partial charge in [-0.05, 0) is 17.7 Å². The van der Waals surface area contributed by atoms with Gasteiger partial charge in [0.15, 0.2) is 5.78 Å². The summed E-state index contributed by atoms with van der Waals surface area (Å²) in [5, 5.41) is 0.123. The van der Waals surface area contributed by atoms with Crippen LogP contribution in [0.2, 0.25) is 5.02 Å². The van der Waals surface area contributed by atoms with Crippen LogP contribution in [0.15, 0.2) is 42.5 Å². The van der Waals surface area contributed by atoms with Gasteiger partial charge in [-0.25, -0.2) is 0 Å². The summed E-state index contributed by atoms with van der Waals surface area (Å²) in [6.45, 7) is 0. The highest BCUT2D eigenvalue weighted by molar-refractivity contribution is 6.31. The van der Waals surface area contributed by atoms with Gasteiger partial charge in [0.1, 0.15) is 0 Å². The molecule has 0 radical (unpaired) electrons. The van der Waals surface area contributed by atoms with E-state index >= 15 is 0 Å². The average Bonchev–Trinajstić information content (AvgIpc) is 2.40. The summed E-state index contributed by atoms with van der Waals surface area (Å²) in [5.41, 5.74) is 5.38. The van der Waals surface area contributed by atoms with E-state index in [0.717, 1.165) is 0 Å². The Bertz CT molecular complexity index is 669. The Hall–Kier alpha value is -2.01. The van der Waals surface area contributed by atoms with Gasteiger partial charge in [-0.15, -0.1) is 0 Å². The fraction of sp³-hybridized carbons (Fsp3) is 0.133. The molecule has 2 rings (SSSR count). The SMILES string of the molecule is Nc1cc(Cl)cc(C(=O)c2ccccc2)c1CC(F)(F)F. The molecule has 0 aliphatic rings. The molecule has 21 heavy (non-hydrogen) atoms. The van der Waals surface area contributed by atoms with Crippen LogP contribution in [0.3, 0.4) is 0 Å². The first-order chi connectivity index (χ1) is 9.78. The lowest BCUT2D eigenvalue weighted by molar-refractivity contribution is -0.127. The first-order valence-electron chi connectivity index (χ1n) is 6.02. The number of nitrogens with two attached hydrogens (primary N) is 1. The Labute approximate surface area is 124 Å². The molecule has 0 aliphatic carbocycles. The smallest absolute Gasteiger partial charge is 0.393 e. The zero-order chi connectivity index (χ0) is 15.6. The molecule has 0 amide bonds. The molecular formula is C15H11ClF3NO. The molecule has 0 atom stereocenters. The van der Waals surface area contributed by atoms with E-state index in [1.165, 1.54) is 24.3 Å². The lowest BCUT2D eigenvalue weighted by Gasteiger charge is -2.14. The molecule has 0 unspecified atom stereocenters.